The van der Waals surface area contributed by atoms with Crippen LogP contribution in [0.25, 0.3) is 6.08 Å². The van der Waals surface area contributed by atoms with Crippen molar-refractivity contribution in [2.24, 2.45) is 0 Å². The minimum absolute atomic E-state index is 0.0824. The SMILES string of the molecule is Cc1cc(/C=C(\C#N)C(=O)O[C@H](C)C#N)c(C)n1C1CCCCC1. The van der Waals surface area contributed by atoms with Gasteiger partial charge in [0.1, 0.15) is 17.7 Å². The molecule has 0 amide bonds. The van der Waals surface area contributed by atoms with Gasteiger partial charge in [-0.3, -0.25) is 0 Å². The third kappa shape index (κ3) is 3.86. The first kappa shape index (κ1) is 17.8. The molecule has 1 aromatic rings. The van der Waals surface area contributed by atoms with Crippen LogP contribution in [0.4, 0.5) is 0 Å². The average molecular weight is 325 g/mol. The number of hydrogen-bond donors (Lipinski definition) is 0. The van der Waals surface area contributed by atoms with Gasteiger partial charge in [-0.1, -0.05) is 19.3 Å². The molecule has 1 aliphatic carbocycles. The van der Waals surface area contributed by atoms with Crippen LogP contribution in [0, 0.1) is 36.5 Å². The Kier molecular flexibility index (Phi) is 5.82. The summed E-state index contributed by atoms with van der Waals surface area (Å²) in [7, 11) is 0. The Morgan fingerprint density at radius 3 is 2.58 bits per heavy atom. The molecule has 5 heteroatoms. The molecule has 1 heterocycles. The standard InChI is InChI=1S/C19H23N3O2/c1-13-9-16(10-17(12-21)19(23)24-14(2)11-20)15(3)22(13)18-7-5-4-6-8-18/h9-10,14,18H,4-8H2,1-3H3/b17-10+/t14-/m1/s1. The molecule has 0 spiro atoms. The van der Waals surface area contributed by atoms with E-state index in [4.69, 9.17) is 10.00 Å². The molecule has 0 aromatic carbocycles. The largest absolute Gasteiger partial charge is 0.443 e. The van der Waals surface area contributed by atoms with Gasteiger partial charge in [0.15, 0.2) is 6.10 Å². The van der Waals surface area contributed by atoms with Crippen LogP contribution in [0.5, 0.6) is 0 Å². The molecule has 2 rings (SSSR count). The monoisotopic (exact) mass is 325 g/mol. The summed E-state index contributed by atoms with van der Waals surface area (Å²) in [5, 5.41) is 18.0. The van der Waals surface area contributed by atoms with Crippen LogP contribution in [-0.2, 0) is 9.53 Å². The smallest absolute Gasteiger partial charge is 0.350 e. The summed E-state index contributed by atoms with van der Waals surface area (Å²) in [6.07, 6.45) is 6.82. The molecule has 1 fully saturated rings. The number of aromatic nitrogens is 1. The third-order valence-electron chi connectivity index (χ3n) is 4.57. The zero-order valence-corrected chi connectivity index (χ0v) is 14.5. The molecule has 1 aliphatic rings. The first-order valence-corrected chi connectivity index (χ1v) is 8.38. The van der Waals surface area contributed by atoms with Crippen molar-refractivity contribution in [3.05, 3.63) is 28.6 Å². The number of nitrogens with zero attached hydrogens (tertiary/aromatic N) is 3. The molecule has 0 radical (unpaired) electrons. The molecule has 0 saturated heterocycles. The van der Waals surface area contributed by atoms with Crippen molar-refractivity contribution in [2.45, 2.75) is 65.0 Å². The lowest BCUT2D eigenvalue weighted by Gasteiger charge is -2.26. The maximum atomic E-state index is 12.0. The Morgan fingerprint density at radius 1 is 1.33 bits per heavy atom. The number of nitriles is 2. The molecule has 5 nitrogen and oxygen atoms in total. The zero-order valence-electron chi connectivity index (χ0n) is 14.5. The topological polar surface area (TPSA) is 78.8 Å². The molecule has 1 saturated carbocycles. The van der Waals surface area contributed by atoms with Crippen LogP contribution in [-0.4, -0.2) is 16.6 Å². The van der Waals surface area contributed by atoms with E-state index in [1.54, 1.807) is 6.08 Å². The number of hydrogen-bond acceptors (Lipinski definition) is 4. The first-order chi connectivity index (χ1) is 11.5. The van der Waals surface area contributed by atoms with Crippen molar-refractivity contribution in [2.75, 3.05) is 0 Å². The molecular formula is C19H23N3O2. The van der Waals surface area contributed by atoms with Crippen LogP contribution in [0.15, 0.2) is 11.6 Å². The van der Waals surface area contributed by atoms with Crippen LogP contribution < -0.4 is 0 Å². The van der Waals surface area contributed by atoms with Gasteiger partial charge in [-0.2, -0.15) is 10.5 Å². The predicted molar refractivity (Wildman–Crippen MR) is 90.8 cm³/mol. The lowest BCUT2D eigenvalue weighted by atomic mass is 9.95. The van der Waals surface area contributed by atoms with E-state index in [1.807, 2.05) is 25.1 Å². The maximum Gasteiger partial charge on any atom is 0.350 e. The Hall–Kier alpha value is -2.53. The second-order valence-corrected chi connectivity index (χ2v) is 6.33. The van der Waals surface area contributed by atoms with Gasteiger partial charge in [0, 0.05) is 17.4 Å². The number of esters is 1. The van der Waals surface area contributed by atoms with Gasteiger partial charge in [0.05, 0.1) is 0 Å². The van der Waals surface area contributed by atoms with Crippen molar-refractivity contribution in [3.63, 3.8) is 0 Å². The van der Waals surface area contributed by atoms with Gasteiger partial charge >= 0.3 is 5.97 Å². The minimum atomic E-state index is -0.871. The molecule has 0 aliphatic heterocycles. The molecule has 126 valence electrons. The number of ether oxygens (including phenoxy) is 1. The molecule has 1 aromatic heterocycles. The van der Waals surface area contributed by atoms with Crippen molar-refractivity contribution >= 4 is 12.0 Å². The quantitative estimate of drug-likeness (QED) is 0.476. The Labute approximate surface area is 143 Å². The van der Waals surface area contributed by atoms with Crippen LogP contribution >= 0.6 is 0 Å². The normalized spacial score (nSPS) is 17.0. The third-order valence-corrected chi connectivity index (χ3v) is 4.57. The molecule has 0 N–H and O–H groups in total. The maximum absolute atomic E-state index is 12.0. The van der Waals surface area contributed by atoms with E-state index in [9.17, 15) is 10.1 Å². The summed E-state index contributed by atoms with van der Waals surface area (Å²) in [6, 6.07) is 6.21. The van der Waals surface area contributed by atoms with Gasteiger partial charge < -0.3 is 9.30 Å². The highest BCUT2D eigenvalue weighted by molar-refractivity contribution is 5.98. The second-order valence-electron chi connectivity index (χ2n) is 6.33. The van der Waals surface area contributed by atoms with Crippen molar-refractivity contribution in [1.82, 2.24) is 4.57 Å². The highest BCUT2D eigenvalue weighted by atomic mass is 16.5. The summed E-state index contributed by atoms with van der Waals surface area (Å²) < 4.78 is 7.24. The molecule has 0 bridgehead atoms. The Bertz CT molecular complexity index is 725. The van der Waals surface area contributed by atoms with E-state index >= 15 is 0 Å². The molecule has 0 unspecified atom stereocenters. The first-order valence-electron chi connectivity index (χ1n) is 8.38. The number of rotatable bonds is 4. The lowest BCUT2D eigenvalue weighted by molar-refractivity contribution is -0.140. The van der Waals surface area contributed by atoms with E-state index in [0.29, 0.717) is 6.04 Å². The summed E-state index contributed by atoms with van der Waals surface area (Å²) in [5.41, 5.74) is 2.98. The van der Waals surface area contributed by atoms with Gasteiger partial charge in [0.25, 0.3) is 0 Å². The van der Waals surface area contributed by atoms with E-state index in [2.05, 4.69) is 11.5 Å². The number of carbonyl (C=O) groups is 1. The van der Waals surface area contributed by atoms with Crippen molar-refractivity contribution in [1.29, 1.82) is 10.5 Å². The average Bonchev–Trinajstić information content (AvgIpc) is 2.86. The molecular weight excluding hydrogens is 302 g/mol. The number of carbonyl (C=O) groups excluding carboxylic acids is 1. The molecule has 24 heavy (non-hydrogen) atoms. The lowest BCUT2D eigenvalue weighted by Crippen LogP contribution is -2.15. The van der Waals surface area contributed by atoms with Crippen LogP contribution in [0.2, 0.25) is 0 Å². The van der Waals surface area contributed by atoms with Crippen LogP contribution in [0.3, 0.4) is 0 Å². The molecule has 1 atom stereocenters. The van der Waals surface area contributed by atoms with Gasteiger partial charge in [-0.25, -0.2) is 4.79 Å². The van der Waals surface area contributed by atoms with Gasteiger partial charge in [0.2, 0.25) is 0 Å². The zero-order chi connectivity index (χ0) is 17.7. The van der Waals surface area contributed by atoms with Crippen LogP contribution in [0.1, 0.15) is 62.0 Å². The van der Waals surface area contributed by atoms with E-state index in [0.717, 1.165) is 17.0 Å². The fraction of sp³-hybridized carbons (Fsp3) is 0.526. The highest BCUT2D eigenvalue weighted by Crippen LogP contribution is 2.32. The van der Waals surface area contributed by atoms with Gasteiger partial charge in [-0.05, 0) is 51.3 Å². The summed E-state index contributed by atoms with van der Waals surface area (Å²) in [6.45, 7) is 5.55. The summed E-state index contributed by atoms with van der Waals surface area (Å²) in [5.74, 6) is -0.756. The fourth-order valence-electron chi connectivity index (χ4n) is 3.39. The predicted octanol–water partition coefficient (Wildman–Crippen LogP) is 3.97. The Morgan fingerprint density at radius 2 is 2.00 bits per heavy atom. The minimum Gasteiger partial charge on any atom is -0.443 e. The van der Waals surface area contributed by atoms with Gasteiger partial charge in [-0.15, -0.1) is 0 Å². The van der Waals surface area contributed by atoms with E-state index in [1.165, 1.54) is 39.0 Å². The summed E-state index contributed by atoms with van der Waals surface area (Å²) in [4.78, 5) is 12.0. The summed E-state index contributed by atoms with van der Waals surface area (Å²) >= 11 is 0. The Balaban J connectivity index is 2.30. The van der Waals surface area contributed by atoms with E-state index < -0.39 is 12.1 Å². The number of aryl methyl sites for hydroxylation is 1. The van der Waals surface area contributed by atoms with Crippen molar-refractivity contribution < 1.29 is 9.53 Å². The van der Waals surface area contributed by atoms with E-state index in [-0.39, 0.29) is 5.57 Å². The van der Waals surface area contributed by atoms with Crippen molar-refractivity contribution in [3.8, 4) is 12.1 Å². The highest BCUT2D eigenvalue weighted by Gasteiger charge is 2.21. The fourth-order valence-corrected chi connectivity index (χ4v) is 3.39. The second kappa shape index (κ2) is 7.84.